The Balaban J connectivity index is 1.64. The standard InChI is InChI=1S/C15H14N2O5S/c18-17(19)12-6-8-15(9-7-12)23(20,21)16-10-13(16)11-22-14-4-2-1-3-5-14/h1-9,13H,10-11H2. The maximum absolute atomic E-state index is 12.4. The molecule has 1 fully saturated rings. The highest BCUT2D eigenvalue weighted by Crippen LogP contribution is 2.29. The summed E-state index contributed by atoms with van der Waals surface area (Å²) in [6, 6.07) is 13.8. The lowest BCUT2D eigenvalue weighted by Crippen LogP contribution is -2.18. The molecule has 0 amide bonds. The van der Waals surface area contributed by atoms with E-state index in [4.69, 9.17) is 4.74 Å². The number of nitrogens with zero attached hydrogens (tertiary/aromatic N) is 2. The van der Waals surface area contributed by atoms with Crippen LogP contribution in [0.4, 0.5) is 5.69 Å². The lowest BCUT2D eigenvalue weighted by atomic mass is 10.3. The Morgan fingerprint density at radius 1 is 1.13 bits per heavy atom. The number of hydrogen-bond donors (Lipinski definition) is 0. The average Bonchev–Trinajstić information content (AvgIpc) is 3.34. The van der Waals surface area contributed by atoms with Gasteiger partial charge in [-0.25, -0.2) is 8.42 Å². The molecule has 2 aromatic rings. The molecule has 7 nitrogen and oxygen atoms in total. The van der Waals surface area contributed by atoms with Gasteiger partial charge in [0.15, 0.2) is 0 Å². The second kappa shape index (κ2) is 5.98. The number of nitro benzene ring substituents is 1. The normalized spacial score (nSPS) is 20.0. The predicted octanol–water partition coefficient (Wildman–Crippen LogP) is 2.05. The van der Waals surface area contributed by atoms with Gasteiger partial charge in [0.2, 0.25) is 10.0 Å². The molecule has 2 atom stereocenters. The zero-order valence-corrected chi connectivity index (χ0v) is 12.8. The van der Waals surface area contributed by atoms with Gasteiger partial charge in [-0.1, -0.05) is 18.2 Å². The van der Waals surface area contributed by atoms with E-state index in [0.717, 1.165) is 0 Å². The minimum Gasteiger partial charge on any atom is -0.492 e. The Morgan fingerprint density at radius 3 is 2.39 bits per heavy atom. The highest BCUT2D eigenvalue weighted by molar-refractivity contribution is 7.89. The molecule has 1 saturated heterocycles. The maximum Gasteiger partial charge on any atom is 0.269 e. The Bertz CT molecular complexity index is 806. The summed E-state index contributed by atoms with van der Waals surface area (Å²) in [5, 5.41) is 10.6. The molecule has 1 heterocycles. The van der Waals surface area contributed by atoms with Gasteiger partial charge in [-0.2, -0.15) is 4.31 Å². The van der Waals surface area contributed by atoms with Crippen LogP contribution in [0.5, 0.6) is 5.75 Å². The summed E-state index contributed by atoms with van der Waals surface area (Å²) < 4.78 is 31.7. The van der Waals surface area contributed by atoms with Crippen molar-refractivity contribution in [3.05, 3.63) is 64.7 Å². The smallest absolute Gasteiger partial charge is 0.269 e. The van der Waals surface area contributed by atoms with E-state index in [9.17, 15) is 18.5 Å². The second-order valence-electron chi connectivity index (χ2n) is 5.10. The number of para-hydroxylation sites is 1. The number of ether oxygens (including phenoxy) is 1. The number of rotatable bonds is 6. The summed E-state index contributed by atoms with van der Waals surface area (Å²) in [4.78, 5) is 10.1. The first-order valence-corrected chi connectivity index (χ1v) is 8.36. The van der Waals surface area contributed by atoms with Gasteiger partial charge in [-0.05, 0) is 24.3 Å². The van der Waals surface area contributed by atoms with Crippen LogP contribution in [-0.4, -0.2) is 36.8 Å². The minimum absolute atomic E-state index is 0.0466. The molecule has 120 valence electrons. The fourth-order valence-corrected chi connectivity index (χ4v) is 3.75. The zero-order valence-electron chi connectivity index (χ0n) is 12.0. The van der Waals surface area contributed by atoms with Crippen molar-refractivity contribution in [2.45, 2.75) is 10.9 Å². The first-order chi connectivity index (χ1) is 11.0. The first-order valence-electron chi connectivity index (χ1n) is 6.92. The highest BCUT2D eigenvalue weighted by atomic mass is 32.2. The number of sulfonamides is 1. The van der Waals surface area contributed by atoms with Crippen molar-refractivity contribution in [2.24, 2.45) is 0 Å². The quantitative estimate of drug-likeness (QED) is 0.458. The molecule has 0 spiro atoms. The van der Waals surface area contributed by atoms with E-state index in [-0.39, 0.29) is 23.2 Å². The Kier molecular flexibility index (Phi) is 4.01. The topological polar surface area (TPSA) is 89.5 Å². The molecule has 0 N–H and O–H groups in total. The minimum atomic E-state index is -3.63. The third kappa shape index (κ3) is 3.33. The molecular weight excluding hydrogens is 320 g/mol. The lowest BCUT2D eigenvalue weighted by Gasteiger charge is -2.08. The van der Waals surface area contributed by atoms with Gasteiger partial charge >= 0.3 is 0 Å². The van der Waals surface area contributed by atoms with E-state index >= 15 is 0 Å². The Labute approximate surface area is 133 Å². The first kappa shape index (κ1) is 15.4. The molecule has 23 heavy (non-hydrogen) atoms. The van der Waals surface area contributed by atoms with E-state index < -0.39 is 14.9 Å². The molecule has 2 unspecified atom stereocenters. The lowest BCUT2D eigenvalue weighted by molar-refractivity contribution is -0.384. The maximum atomic E-state index is 12.4. The fourth-order valence-electron chi connectivity index (χ4n) is 2.18. The predicted molar refractivity (Wildman–Crippen MR) is 82.7 cm³/mol. The van der Waals surface area contributed by atoms with Crippen molar-refractivity contribution in [3.8, 4) is 5.75 Å². The molecule has 0 radical (unpaired) electrons. The molecule has 1 aliphatic heterocycles. The monoisotopic (exact) mass is 334 g/mol. The number of benzene rings is 2. The van der Waals surface area contributed by atoms with E-state index in [1.54, 1.807) is 12.1 Å². The third-order valence-corrected chi connectivity index (χ3v) is 5.44. The van der Waals surface area contributed by atoms with Crippen LogP contribution in [0.25, 0.3) is 0 Å². The Hall–Kier alpha value is -2.45. The highest BCUT2D eigenvalue weighted by Gasteiger charge is 2.45. The molecule has 8 heteroatoms. The summed E-state index contributed by atoms with van der Waals surface area (Å²) in [5.41, 5.74) is -0.140. The van der Waals surface area contributed by atoms with E-state index in [0.29, 0.717) is 12.3 Å². The summed E-state index contributed by atoms with van der Waals surface area (Å²) >= 11 is 0. The average molecular weight is 334 g/mol. The van der Waals surface area contributed by atoms with Crippen molar-refractivity contribution in [1.29, 1.82) is 0 Å². The third-order valence-electron chi connectivity index (χ3n) is 3.50. The van der Waals surface area contributed by atoms with E-state index in [2.05, 4.69) is 0 Å². The van der Waals surface area contributed by atoms with Crippen LogP contribution in [0.1, 0.15) is 0 Å². The number of nitro groups is 1. The fraction of sp³-hybridized carbons (Fsp3) is 0.200. The van der Waals surface area contributed by atoms with Gasteiger partial charge in [0, 0.05) is 18.7 Å². The van der Waals surface area contributed by atoms with Gasteiger partial charge in [-0.15, -0.1) is 0 Å². The van der Waals surface area contributed by atoms with Crippen LogP contribution in [0.2, 0.25) is 0 Å². The van der Waals surface area contributed by atoms with Crippen LogP contribution in [-0.2, 0) is 10.0 Å². The van der Waals surface area contributed by atoms with Crippen LogP contribution in [0.15, 0.2) is 59.5 Å². The summed E-state index contributed by atoms with van der Waals surface area (Å²) in [6.07, 6.45) is 0. The zero-order chi connectivity index (χ0) is 16.4. The van der Waals surface area contributed by atoms with Crippen LogP contribution in [0, 0.1) is 10.1 Å². The van der Waals surface area contributed by atoms with E-state index in [1.807, 2.05) is 18.2 Å². The SMILES string of the molecule is O=[N+]([O-])c1ccc(S(=O)(=O)N2CC2COc2ccccc2)cc1. The van der Waals surface area contributed by atoms with Crippen LogP contribution < -0.4 is 4.74 Å². The molecular formula is C15H14N2O5S. The van der Waals surface area contributed by atoms with Crippen LogP contribution in [0.3, 0.4) is 0 Å². The van der Waals surface area contributed by atoms with Crippen molar-refractivity contribution in [3.63, 3.8) is 0 Å². The van der Waals surface area contributed by atoms with E-state index in [1.165, 1.54) is 28.6 Å². The number of hydrogen-bond acceptors (Lipinski definition) is 5. The van der Waals surface area contributed by atoms with Crippen molar-refractivity contribution >= 4 is 15.7 Å². The molecule has 0 aromatic heterocycles. The summed E-state index contributed by atoms with van der Waals surface area (Å²) in [7, 11) is -3.63. The summed E-state index contributed by atoms with van der Waals surface area (Å²) in [6.45, 7) is 0.655. The molecule has 0 bridgehead atoms. The van der Waals surface area contributed by atoms with Gasteiger partial charge in [-0.3, -0.25) is 10.1 Å². The van der Waals surface area contributed by atoms with Gasteiger partial charge in [0.05, 0.1) is 15.9 Å². The Morgan fingerprint density at radius 2 is 1.78 bits per heavy atom. The van der Waals surface area contributed by atoms with Crippen molar-refractivity contribution in [2.75, 3.05) is 13.2 Å². The van der Waals surface area contributed by atoms with Crippen LogP contribution >= 0.6 is 0 Å². The molecule has 0 aliphatic carbocycles. The molecule has 1 aliphatic rings. The van der Waals surface area contributed by atoms with Crippen molar-refractivity contribution < 1.29 is 18.1 Å². The number of non-ortho nitro benzene ring substituents is 1. The molecule has 0 saturated carbocycles. The molecule has 2 aromatic carbocycles. The van der Waals surface area contributed by atoms with Gasteiger partial charge in [0.25, 0.3) is 5.69 Å². The van der Waals surface area contributed by atoms with Gasteiger partial charge in [0.1, 0.15) is 12.4 Å². The summed E-state index contributed by atoms with van der Waals surface area (Å²) in [5.74, 6) is 0.687. The largest absolute Gasteiger partial charge is 0.492 e. The van der Waals surface area contributed by atoms with Crippen molar-refractivity contribution in [1.82, 2.24) is 4.31 Å². The van der Waals surface area contributed by atoms with Gasteiger partial charge < -0.3 is 4.74 Å². The molecule has 3 rings (SSSR count). The second-order valence-corrected chi connectivity index (χ2v) is 6.99.